The summed E-state index contributed by atoms with van der Waals surface area (Å²) in [7, 11) is -3.67. The largest absolute Gasteiger partial charge is 0.350 e. The molecule has 0 radical (unpaired) electrons. The van der Waals surface area contributed by atoms with Crippen molar-refractivity contribution >= 4 is 21.8 Å². The minimum Gasteiger partial charge on any atom is -0.350 e. The molecule has 3 rings (SSSR count). The predicted molar refractivity (Wildman–Crippen MR) is 115 cm³/mol. The molecule has 10 nitrogen and oxygen atoms in total. The molecule has 0 fully saturated rings. The van der Waals surface area contributed by atoms with Crippen molar-refractivity contribution in [3.05, 3.63) is 77.6 Å². The van der Waals surface area contributed by atoms with E-state index < -0.39 is 27.6 Å². The molecule has 11 heteroatoms. The Kier molecular flexibility index (Phi) is 7.13. The first-order chi connectivity index (χ1) is 14.8. The summed E-state index contributed by atoms with van der Waals surface area (Å²) in [6.45, 7) is 0.245. The lowest BCUT2D eigenvalue weighted by Crippen LogP contribution is -2.37. The molecule has 0 atom stereocenters. The molecular weight excluding hydrogens is 420 g/mol. The van der Waals surface area contributed by atoms with Gasteiger partial charge in [-0.3, -0.25) is 20.1 Å². The summed E-state index contributed by atoms with van der Waals surface area (Å²) >= 11 is 0. The van der Waals surface area contributed by atoms with E-state index in [1.807, 2.05) is 54.6 Å². The van der Waals surface area contributed by atoms with Gasteiger partial charge in [0.25, 0.3) is 11.8 Å². The van der Waals surface area contributed by atoms with Crippen LogP contribution < -0.4 is 21.3 Å². The van der Waals surface area contributed by atoms with Crippen molar-refractivity contribution in [3.63, 3.8) is 0 Å². The standard InChI is InChI=1S/C20H22N6O4S/c21-31(29,30)11-10-22-19(27)17-12-18(25-24-17)20(28)26-23-13-14-6-8-16(9-7-14)15-4-2-1-3-5-15/h1-9,12,23H,10-11,13H2,(H,22,27)(H,24,25)(H,26,28)(H2,21,29,30). The number of nitrogens with two attached hydrogens (primary N) is 1. The van der Waals surface area contributed by atoms with Crippen molar-refractivity contribution in [2.24, 2.45) is 5.14 Å². The second kappa shape index (κ2) is 9.98. The van der Waals surface area contributed by atoms with Gasteiger partial charge in [0.05, 0.1) is 5.75 Å². The van der Waals surface area contributed by atoms with Crippen LogP contribution in [0.25, 0.3) is 11.1 Å². The van der Waals surface area contributed by atoms with Crippen molar-refractivity contribution in [2.75, 3.05) is 12.3 Å². The SMILES string of the molecule is NS(=O)(=O)CCNC(=O)c1cc(C(=O)NNCc2ccc(-c3ccccc3)cc2)n[nH]1. The van der Waals surface area contributed by atoms with Gasteiger partial charge in [0.15, 0.2) is 5.69 Å². The van der Waals surface area contributed by atoms with Crippen LogP contribution in [0.5, 0.6) is 0 Å². The maximum absolute atomic E-state index is 12.2. The first-order valence-corrected chi connectivity index (χ1v) is 11.0. The number of aromatic amines is 1. The molecule has 0 aliphatic heterocycles. The zero-order valence-corrected chi connectivity index (χ0v) is 17.3. The highest BCUT2D eigenvalue weighted by molar-refractivity contribution is 7.89. The van der Waals surface area contributed by atoms with Gasteiger partial charge < -0.3 is 5.32 Å². The van der Waals surface area contributed by atoms with E-state index in [9.17, 15) is 18.0 Å². The topological polar surface area (TPSA) is 159 Å². The number of aromatic nitrogens is 2. The molecule has 0 saturated heterocycles. The van der Waals surface area contributed by atoms with Gasteiger partial charge >= 0.3 is 0 Å². The number of hydrogen-bond donors (Lipinski definition) is 5. The van der Waals surface area contributed by atoms with E-state index in [0.29, 0.717) is 6.54 Å². The third-order valence-corrected chi connectivity index (χ3v) is 5.06. The number of sulfonamides is 1. The van der Waals surface area contributed by atoms with Crippen LogP contribution in [0, 0.1) is 0 Å². The van der Waals surface area contributed by atoms with E-state index in [2.05, 4.69) is 26.4 Å². The van der Waals surface area contributed by atoms with E-state index in [1.165, 1.54) is 6.07 Å². The summed E-state index contributed by atoms with van der Waals surface area (Å²) in [4.78, 5) is 24.1. The summed E-state index contributed by atoms with van der Waals surface area (Å²) in [6, 6.07) is 19.2. The minimum atomic E-state index is -3.67. The van der Waals surface area contributed by atoms with Crippen molar-refractivity contribution in [1.82, 2.24) is 26.4 Å². The van der Waals surface area contributed by atoms with Crippen LogP contribution in [0.2, 0.25) is 0 Å². The molecule has 2 aromatic carbocycles. The first kappa shape index (κ1) is 22.2. The summed E-state index contributed by atoms with van der Waals surface area (Å²) in [5, 5.41) is 13.5. The Hall–Kier alpha value is -3.54. The highest BCUT2D eigenvalue weighted by Gasteiger charge is 2.15. The Morgan fingerprint density at radius 3 is 2.32 bits per heavy atom. The quantitative estimate of drug-likeness (QED) is 0.304. The molecule has 0 aliphatic rings. The Bertz CT molecular complexity index is 1140. The van der Waals surface area contributed by atoms with Gasteiger partial charge in [0.2, 0.25) is 10.0 Å². The van der Waals surface area contributed by atoms with Crippen molar-refractivity contribution < 1.29 is 18.0 Å². The number of nitrogens with one attached hydrogen (secondary N) is 4. The number of nitrogens with zero attached hydrogens (tertiary/aromatic N) is 1. The van der Waals surface area contributed by atoms with Gasteiger partial charge in [-0.1, -0.05) is 54.6 Å². The van der Waals surface area contributed by atoms with E-state index in [0.717, 1.165) is 16.7 Å². The fourth-order valence-corrected chi connectivity index (χ4v) is 3.08. The average Bonchev–Trinajstić information content (AvgIpc) is 3.24. The van der Waals surface area contributed by atoms with Crippen LogP contribution in [-0.2, 0) is 16.6 Å². The molecule has 2 amide bonds. The molecule has 0 aliphatic carbocycles. The summed E-state index contributed by atoms with van der Waals surface area (Å²) in [5.74, 6) is -1.52. The van der Waals surface area contributed by atoms with Gasteiger partial charge in [-0.2, -0.15) is 5.10 Å². The third kappa shape index (κ3) is 6.74. The monoisotopic (exact) mass is 442 g/mol. The molecule has 6 N–H and O–H groups in total. The lowest BCUT2D eigenvalue weighted by Gasteiger charge is -2.07. The number of hydrogen-bond acceptors (Lipinski definition) is 6. The van der Waals surface area contributed by atoms with Crippen LogP contribution in [0.15, 0.2) is 60.7 Å². The third-order valence-electron chi connectivity index (χ3n) is 4.28. The summed E-state index contributed by atoms with van der Waals surface area (Å²) in [6.07, 6.45) is 0. The normalized spacial score (nSPS) is 11.1. The second-order valence-electron chi connectivity index (χ2n) is 6.66. The lowest BCUT2D eigenvalue weighted by molar-refractivity contribution is 0.0926. The molecule has 3 aromatic rings. The maximum atomic E-state index is 12.2. The number of hydrazine groups is 1. The van der Waals surface area contributed by atoms with E-state index in [1.54, 1.807) is 0 Å². The van der Waals surface area contributed by atoms with Crippen LogP contribution in [0.3, 0.4) is 0 Å². The molecule has 0 bridgehead atoms. The molecular formula is C20H22N6O4S. The molecule has 0 unspecified atom stereocenters. The Balaban J connectivity index is 1.46. The molecule has 162 valence electrons. The van der Waals surface area contributed by atoms with Gasteiger partial charge in [0.1, 0.15) is 5.69 Å². The highest BCUT2D eigenvalue weighted by atomic mass is 32.2. The van der Waals surface area contributed by atoms with Crippen LogP contribution in [-0.4, -0.2) is 42.7 Å². The first-order valence-electron chi connectivity index (χ1n) is 9.33. The number of rotatable bonds is 9. The van der Waals surface area contributed by atoms with Gasteiger partial charge in [-0.25, -0.2) is 19.0 Å². The van der Waals surface area contributed by atoms with Crippen LogP contribution in [0.4, 0.5) is 0 Å². The number of carbonyl (C=O) groups excluding carboxylic acids is 2. The highest BCUT2D eigenvalue weighted by Crippen LogP contribution is 2.19. The summed E-state index contributed by atoms with van der Waals surface area (Å²) < 4.78 is 21.7. The van der Waals surface area contributed by atoms with E-state index in [-0.39, 0.29) is 17.9 Å². The van der Waals surface area contributed by atoms with E-state index in [4.69, 9.17) is 5.14 Å². The lowest BCUT2D eigenvalue weighted by atomic mass is 10.0. The number of carbonyl (C=O) groups is 2. The van der Waals surface area contributed by atoms with Gasteiger partial charge in [0, 0.05) is 19.2 Å². The Morgan fingerprint density at radius 1 is 0.968 bits per heavy atom. The van der Waals surface area contributed by atoms with Crippen LogP contribution >= 0.6 is 0 Å². The average molecular weight is 443 g/mol. The zero-order chi connectivity index (χ0) is 22.3. The molecule has 0 spiro atoms. The summed E-state index contributed by atoms with van der Waals surface area (Å²) in [5.41, 5.74) is 8.54. The fraction of sp³-hybridized carbons (Fsp3) is 0.150. The fourth-order valence-electron chi connectivity index (χ4n) is 2.69. The number of H-pyrrole nitrogens is 1. The van der Waals surface area contributed by atoms with Crippen molar-refractivity contribution in [3.8, 4) is 11.1 Å². The maximum Gasteiger partial charge on any atom is 0.285 e. The number of primary sulfonamides is 1. The van der Waals surface area contributed by atoms with Crippen molar-refractivity contribution in [1.29, 1.82) is 0 Å². The minimum absolute atomic E-state index is 0.00326. The van der Waals surface area contributed by atoms with Gasteiger partial charge in [-0.15, -0.1) is 0 Å². The molecule has 0 saturated carbocycles. The molecule has 1 heterocycles. The van der Waals surface area contributed by atoms with Crippen LogP contribution in [0.1, 0.15) is 26.5 Å². The number of benzene rings is 2. The second-order valence-corrected chi connectivity index (χ2v) is 8.39. The zero-order valence-electron chi connectivity index (χ0n) is 16.5. The van der Waals surface area contributed by atoms with Crippen molar-refractivity contribution in [2.45, 2.75) is 6.54 Å². The molecule has 31 heavy (non-hydrogen) atoms. The Labute approximate surface area is 179 Å². The number of amides is 2. The molecule has 1 aromatic heterocycles. The predicted octanol–water partition coefficient (Wildman–Crippen LogP) is 0.530. The van der Waals surface area contributed by atoms with Gasteiger partial charge in [-0.05, 0) is 16.7 Å². The smallest absolute Gasteiger partial charge is 0.285 e. The van der Waals surface area contributed by atoms with E-state index >= 15 is 0 Å². The Morgan fingerprint density at radius 2 is 1.65 bits per heavy atom.